The molecular weight excluding hydrogens is 410 g/mol. The predicted octanol–water partition coefficient (Wildman–Crippen LogP) is 4.03. The summed E-state index contributed by atoms with van der Waals surface area (Å²) in [7, 11) is 0. The maximum atomic E-state index is 13.0. The lowest BCUT2D eigenvalue weighted by Crippen LogP contribution is -2.61. The van der Waals surface area contributed by atoms with Gasteiger partial charge < -0.3 is 5.11 Å². The standard InChI is InChI=1S/C8H8F9IO/c9-5(10,3-4(18)1-2-19)6(11,12)7(13,14)8(15,16)17/h4,19H,1-3H2. The Balaban J connectivity index is 5.27. The highest BCUT2D eigenvalue weighted by molar-refractivity contribution is 14.1. The molecule has 0 aliphatic rings. The molecule has 0 saturated heterocycles. The zero-order chi connectivity index (χ0) is 15.7. The molecule has 116 valence electrons. The summed E-state index contributed by atoms with van der Waals surface area (Å²) in [5.74, 6) is -19.0. The first-order chi connectivity index (χ1) is 8.20. The molecule has 0 fully saturated rings. The number of halogens is 10. The van der Waals surface area contributed by atoms with E-state index < -0.39 is 47.3 Å². The summed E-state index contributed by atoms with van der Waals surface area (Å²) in [6, 6.07) is 0. The van der Waals surface area contributed by atoms with Crippen molar-refractivity contribution >= 4 is 22.6 Å². The molecule has 1 N–H and O–H groups in total. The highest BCUT2D eigenvalue weighted by Gasteiger charge is 2.81. The first-order valence-electron chi connectivity index (χ1n) is 4.66. The SMILES string of the molecule is OCCC(I)CC(F)(F)C(F)(F)C(F)(F)C(F)(F)F. The van der Waals surface area contributed by atoms with E-state index in [1.807, 2.05) is 0 Å². The van der Waals surface area contributed by atoms with Gasteiger partial charge in [-0.25, -0.2) is 0 Å². The van der Waals surface area contributed by atoms with E-state index in [9.17, 15) is 39.5 Å². The molecule has 0 aromatic heterocycles. The molecule has 0 spiro atoms. The highest BCUT2D eigenvalue weighted by atomic mass is 127. The molecule has 1 atom stereocenters. The fourth-order valence-corrected chi connectivity index (χ4v) is 1.89. The Morgan fingerprint density at radius 3 is 1.58 bits per heavy atom. The van der Waals surface area contributed by atoms with Gasteiger partial charge in [0.15, 0.2) is 0 Å². The summed E-state index contributed by atoms with van der Waals surface area (Å²) in [6.45, 7) is -0.690. The largest absolute Gasteiger partial charge is 0.460 e. The third-order valence-electron chi connectivity index (χ3n) is 2.13. The normalized spacial score (nSPS) is 16.6. The minimum Gasteiger partial charge on any atom is -0.396 e. The number of rotatable bonds is 6. The van der Waals surface area contributed by atoms with Crippen molar-refractivity contribution in [2.24, 2.45) is 0 Å². The van der Waals surface area contributed by atoms with Crippen molar-refractivity contribution in [1.82, 2.24) is 0 Å². The molecule has 1 nitrogen and oxygen atoms in total. The second-order valence-electron chi connectivity index (χ2n) is 3.66. The molecule has 0 rings (SSSR count). The lowest BCUT2D eigenvalue weighted by atomic mass is 9.99. The number of aliphatic hydroxyl groups excluding tert-OH is 1. The van der Waals surface area contributed by atoms with Crippen LogP contribution in [0.15, 0.2) is 0 Å². The lowest BCUT2D eigenvalue weighted by molar-refractivity contribution is -0.396. The Labute approximate surface area is 115 Å². The summed E-state index contributed by atoms with van der Waals surface area (Å²) in [5.41, 5.74) is 0. The van der Waals surface area contributed by atoms with Crippen LogP contribution < -0.4 is 0 Å². The maximum Gasteiger partial charge on any atom is 0.460 e. The topological polar surface area (TPSA) is 20.2 Å². The Morgan fingerprint density at radius 1 is 0.842 bits per heavy atom. The van der Waals surface area contributed by atoms with Crippen LogP contribution in [-0.4, -0.2) is 39.6 Å². The number of alkyl halides is 10. The van der Waals surface area contributed by atoms with E-state index in [1.54, 1.807) is 0 Å². The molecule has 0 aliphatic carbocycles. The van der Waals surface area contributed by atoms with Crippen molar-refractivity contribution in [3.05, 3.63) is 0 Å². The van der Waals surface area contributed by atoms with Crippen LogP contribution in [0.3, 0.4) is 0 Å². The monoisotopic (exact) mass is 418 g/mol. The zero-order valence-electron chi connectivity index (χ0n) is 8.93. The molecule has 11 heteroatoms. The van der Waals surface area contributed by atoms with E-state index in [0.717, 1.165) is 22.6 Å². The van der Waals surface area contributed by atoms with E-state index >= 15 is 0 Å². The van der Waals surface area contributed by atoms with Gasteiger partial charge in [-0.2, -0.15) is 39.5 Å². The van der Waals surface area contributed by atoms with Crippen molar-refractivity contribution in [1.29, 1.82) is 0 Å². The summed E-state index contributed by atoms with van der Waals surface area (Å²) in [6.07, 6.45) is -9.14. The van der Waals surface area contributed by atoms with Crippen LogP contribution in [-0.2, 0) is 0 Å². The first kappa shape index (κ1) is 19.1. The van der Waals surface area contributed by atoms with Gasteiger partial charge in [-0.15, -0.1) is 0 Å². The van der Waals surface area contributed by atoms with Crippen LogP contribution in [0.5, 0.6) is 0 Å². The number of aliphatic hydroxyl groups is 1. The molecule has 0 radical (unpaired) electrons. The fourth-order valence-electron chi connectivity index (χ4n) is 1.06. The second kappa shape index (κ2) is 5.82. The van der Waals surface area contributed by atoms with Crippen molar-refractivity contribution in [3.8, 4) is 0 Å². The van der Waals surface area contributed by atoms with E-state index in [-0.39, 0.29) is 0 Å². The quantitative estimate of drug-likeness (QED) is 0.393. The third kappa shape index (κ3) is 3.79. The molecule has 1 unspecified atom stereocenters. The van der Waals surface area contributed by atoms with Crippen LogP contribution in [0.2, 0.25) is 0 Å². The average molecular weight is 418 g/mol. The van der Waals surface area contributed by atoms with Gasteiger partial charge in [0.25, 0.3) is 0 Å². The molecule has 0 amide bonds. The second-order valence-corrected chi connectivity index (χ2v) is 5.43. The number of hydrogen-bond donors (Lipinski definition) is 1. The van der Waals surface area contributed by atoms with E-state index in [1.165, 1.54) is 0 Å². The van der Waals surface area contributed by atoms with E-state index in [4.69, 9.17) is 5.11 Å². The lowest BCUT2D eigenvalue weighted by Gasteiger charge is -2.34. The molecule has 0 aliphatic heterocycles. The van der Waals surface area contributed by atoms with Gasteiger partial charge in [-0.3, -0.25) is 0 Å². The molecule has 19 heavy (non-hydrogen) atoms. The number of hydrogen-bond acceptors (Lipinski definition) is 1. The van der Waals surface area contributed by atoms with Crippen molar-refractivity contribution in [2.75, 3.05) is 6.61 Å². The molecule has 0 aromatic rings. The highest BCUT2D eigenvalue weighted by Crippen LogP contribution is 2.54. The van der Waals surface area contributed by atoms with E-state index in [0.29, 0.717) is 0 Å². The summed E-state index contributed by atoms with van der Waals surface area (Å²) in [5, 5.41) is 8.36. The molecule has 0 saturated carbocycles. The minimum atomic E-state index is -6.85. The zero-order valence-corrected chi connectivity index (χ0v) is 11.1. The van der Waals surface area contributed by atoms with E-state index in [2.05, 4.69) is 0 Å². The van der Waals surface area contributed by atoms with Crippen LogP contribution in [0, 0.1) is 0 Å². The summed E-state index contributed by atoms with van der Waals surface area (Å²) in [4.78, 5) is 0. The van der Waals surface area contributed by atoms with Crippen LogP contribution in [0.25, 0.3) is 0 Å². The van der Waals surface area contributed by atoms with Gasteiger partial charge in [0.1, 0.15) is 0 Å². The smallest absolute Gasteiger partial charge is 0.396 e. The van der Waals surface area contributed by atoms with Crippen LogP contribution in [0.4, 0.5) is 39.5 Å². The van der Waals surface area contributed by atoms with Gasteiger partial charge in [0.2, 0.25) is 0 Å². The predicted molar refractivity (Wildman–Crippen MR) is 55.0 cm³/mol. The Kier molecular flexibility index (Phi) is 5.84. The Hall–Kier alpha value is 0.0600. The minimum absolute atomic E-state index is 0.441. The average Bonchev–Trinajstić information content (AvgIpc) is 2.14. The molecule has 0 heterocycles. The van der Waals surface area contributed by atoms with Crippen molar-refractivity contribution in [3.63, 3.8) is 0 Å². The van der Waals surface area contributed by atoms with Crippen LogP contribution in [0.1, 0.15) is 12.8 Å². The molecular formula is C8H8F9IO. The maximum absolute atomic E-state index is 13.0. The summed E-state index contributed by atoms with van der Waals surface area (Å²) >= 11 is 1.16. The third-order valence-corrected chi connectivity index (χ3v) is 3.19. The van der Waals surface area contributed by atoms with Crippen molar-refractivity contribution in [2.45, 2.75) is 40.7 Å². The van der Waals surface area contributed by atoms with Crippen LogP contribution >= 0.6 is 22.6 Å². The Morgan fingerprint density at radius 2 is 1.26 bits per heavy atom. The fraction of sp³-hybridized carbons (Fsp3) is 1.00. The molecule has 0 bridgehead atoms. The van der Waals surface area contributed by atoms with Gasteiger partial charge in [0.05, 0.1) is 0 Å². The first-order valence-corrected chi connectivity index (χ1v) is 5.90. The van der Waals surface area contributed by atoms with Gasteiger partial charge in [-0.1, -0.05) is 22.6 Å². The summed E-state index contributed by atoms with van der Waals surface area (Å²) < 4.78 is 110. The van der Waals surface area contributed by atoms with Gasteiger partial charge in [0, 0.05) is 17.0 Å². The van der Waals surface area contributed by atoms with Crippen molar-refractivity contribution < 1.29 is 44.6 Å². The Bertz CT molecular complexity index is 301. The van der Waals surface area contributed by atoms with Gasteiger partial charge >= 0.3 is 23.9 Å². The molecule has 0 aromatic carbocycles. The van der Waals surface area contributed by atoms with Gasteiger partial charge in [-0.05, 0) is 6.42 Å².